The van der Waals surface area contributed by atoms with Gasteiger partial charge in [0.2, 0.25) is 0 Å². The third kappa shape index (κ3) is 4.57. The molecule has 1 aromatic carbocycles. The lowest BCUT2D eigenvalue weighted by Gasteiger charge is -2.00. The van der Waals surface area contributed by atoms with E-state index >= 15 is 0 Å². The standard InChI is InChI=1S/C10H11BrO3S/c11-8-3-5-9(6-4-8)15(14)7-1-2-10(12)13/h3-6H,1-2,7H2,(H,12,13)/t15-/m0/s1. The van der Waals surface area contributed by atoms with Gasteiger partial charge in [-0.1, -0.05) is 15.9 Å². The molecule has 0 radical (unpaired) electrons. The first kappa shape index (κ1) is 12.4. The summed E-state index contributed by atoms with van der Waals surface area (Å²) < 4.78 is 12.6. The highest BCUT2D eigenvalue weighted by Crippen LogP contribution is 2.14. The Morgan fingerprint density at radius 1 is 1.33 bits per heavy atom. The minimum atomic E-state index is -1.09. The van der Waals surface area contributed by atoms with Crippen molar-refractivity contribution < 1.29 is 14.1 Å². The zero-order chi connectivity index (χ0) is 11.3. The average molecular weight is 291 g/mol. The molecule has 82 valence electrons. The molecule has 0 saturated carbocycles. The van der Waals surface area contributed by atoms with Gasteiger partial charge in [0.25, 0.3) is 0 Å². The Hall–Kier alpha value is -0.680. The SMILES string of the molecule is O=C(O)CCC[S@](=O)c1ccc(Br)cc1. The highest BCUT2D eigenvalue weighted by molar-refractivity contribution is 9.10. The zero-order valence-electron chi connectivity index (χ0n) is 7.98. The Morgan fingerprint density at radius 2 is 1.93 bits per heavy atom. The van der Waals surface area contributed by atoms with Crippen molar-refractivity contribution in [2.24, 2.45) is 0 Å². The number of hydrogen-bond acceptors (Lipinski definition) is 2. The van der Waals surface area contributed by atoms with Crippen molar-refractivity contribution >= 4 is 32.7 Å². The third-order valence-electron chi connectivity index (χ3n) is 1.80. The molecule has 0 unspecified atom stereocenters. The summed E-state index contributed by atoms with van der Waals surface area (Å²) in [5, 5.41) is 8.43. The Kier molecular flexibility index (Phi) is 4.98. The van der Waals surface area contributed by atoms with Gasteiger partial charge >= 0.3 is 5.97 Å². The van der Waals surface area contributed by atoms with E-state index in [1.807, 2.05) is 12.1 Å². The molecule has 0 spiro atoms. The largest absolute Gasteiger partial charge is 0.481 e. The Bertz CT molecular complexity index is 361. The van der Waals surface area contributed by atoms with Gasteiger partial charge in [0.05, 0.1) is 10.8 Å². The number of rotatable bonds is 5. The van der Waals surface area contributed by atoms with Gasteiger partial charge < -0.3 is 5.11 Å². The van der Waals surface area contributed by atoms with Crippen LogP contribution in [0, 0.1) is 0 Å². The maximum atomic E-state index is 11.6. The maximum Gasteiger partial charge on any atom is 0.303 e. The van der Waals surface area contributed by atoms with Gasteiger partial charge in [0.1, 0.15) is 0 Å². The zero-order valence-corrected chi connectivity index (χ0v) is 10.4. The number of aliphatic carboxylic acids is 1. The number of hydrogen-bond donors (Lipinski definition) is 1. The summed E-state index contributed by atoms with van der Waals surface area (Å²) >= 11 is 3.29. The smallest absolute Gasteiger partial charge is 0.303 e. The predicted molar refractivity (Wildman–Crippen MR) is 62.3 cm³/mol. The number of benzene rings is 1. The van der Waals surface area contributed by atoms with E-state index < -0.39 is 16.8 Å². The lowest BCUT2D eigenvalue weighted by atomic mass is 10.3. The topological polar surface area (TPSA) is 54.4 Å². The lowest BCUT2D eigenvalue weighted by molar-refractivity contribution is -0.137. The molecule has 0 aliphatic heterocycles. The quantitative estimate of drug-likeness (QED) is 0.906. The first-order chi connectivity index (χ1) is 7.09. The summed E-state index contributed by atoms with van der Waals surface area (Å²) in [4.78, 5) is 11.0. The van der Waals surface area contributed by atoms with Crippen LogP contribution in [0.25, 0.3) is 0 Å². The van der Waals surface area contributed by atoms with Crippen molar-refractivity contribution in [2.45, 2.75) is 17.7 Å². The maximum absolute atomic E-state index is 11.6. The normalized spacial score (nSPS) is 12.3. The minimum absolute atomic E-state index is 0.0717. The predicted octanol–water partition coefficient (Wildman–Crippen LogP) is 2.42. The van der Waals surface area contributed by atoms with Crippen LogP contribution in [0.1, 0.15) is 12.8 Å². The van der Waals surface area contributed by atoms with E-state index in [1.165, 1.54) is 0 Å². The van der Waals surface area contributed by atoms with Gasteiger partial charge in [-0.2, -0.15) is 0 Å². The minimum Gasteiger partial charge on any atom is -0.481 e. The van der Waals surface area contributed by atoms with Crippen LogP contribution < -0.4 is 0 Å². The molecule has 0 saturated heterocycles. The second-order valence-electron chi connectivity index (χ2n) is 3.00. The molecule has 0 fully saturated rings. The molecule has 15 heavy (non-hydrogen) atoms. The fraction of sp³-hybridized carbons (Fsp3) is 0.300. The van der Waals surface area contributed by atoms with Crippen molar-refractivity contribution in [1.82, 2.24) is 0 Å². The van der Waals surface area contributed by atoms with Gasteiger partial charge in [0.15, 0.2) is 0 Å². The van der Waals surface area contributed by atoms with Crippen LogP contribution >= 0.6 is 15.9 Å². The van der Waals surface area contributed by atoms with Gasteiger partial charge in [0, 0.05) is 21.5 Å². The van der Waals surface area contributed by atoms with Crippen LogP contribution in [0.3, 0.4) is 0 Å². The van der Waals surface area contributed by atoms with Crippen LogP contribution in [0.5, 0.6) is 0 Å². The number of halogens is 1. The second-order valence-corrected chi connectivity index (χ2v) is 5.49. The van der Waals surface area contributed by atoms with Crippen LogP contribution in [0.2, 0.25) is 0 Å². The van der Waals surface area contributed by atoms with Crippen LogP contribution in [0.15, 0.2) is 33.6 Å². The summed E-state index contributed by atoms with van der Waals surface area (Å²) in [6.07, 6.45) is 0.514. The molecule has 0 aliphatic carbocycles. The van der Waals surface area contributed by atoms with E-state index in [-0.39, 0.29) is 6.42 Å². The Balaban J connectivity index is 2.47. The van der Waals surface area contributed by atoms with Crippen LogP contribution in [-0.2, 0) is 15.6 Å². The van der Waals surface area contributed by atoms with E-state index in [1.54, 1.807) is 12.1 Å². The molecule has 1 rings (SSSR count). The summed E-state index contributed by atoms with van der Waals surface area (Å²) in [5.41, 5.74) is 0. The van der Waals surface area contributed by atoms with Crippen LogP contribution in [-0.4, -0.2) is 21.0 Å². The van der Waals surface area contributed by atoms with Crippen molar-refractivity contribution in [3.63, 3.8) is 0 Å². The van der Waals surface area contributed by atoms with Gasteiger partial charge in [-0.05, 0) is 30.7 Å². The van der Waals surface area contributed by atoms with Crippen molar-refractivity contribution in [3.8, 4) is 0 Å². The first-order valence-corrected chi connectivity index (χ1v) is 6.56. The fourth-order valence-electron chi connectivity index (χ4n) is 1.06. The molecular formula is C10H11BrO3S. The van der Waals surface area contributed by atoms with E-state index in [0.29, 0.717) is 12.2 Å². The van der Waals surface area contributed by atoms with E-state index in [0.717, 1.165) is 9.37 Å². The summed E-state index contributed by atoms with van der Waals surface area (Å²) in [6.45, 7) is 0. The molecule has 0 bridgehead atoms. The van der Waals surface area contributed by atoms with E-state index in [4.69, 9.17) is 5.11 Å². The molecule has 0 aliphatic rings. The van der Waals surface area contributed by atoms with Gasteiger partial charge in [-0.15, -0.1) is 0 Å². The van der Waals surface area contributed by atoms with Crippen molar-refractivity contribution in [2.75, 3.05) is 5.75 Å². The second kappa shape index (κ2) is 6.02. The highest BCUT2D eigenvalue weighted by atomic mass is 79.9. The summed E-state index contributed by atoms with van der Waals surface area (Å²) in [5.74, 6) is -0.448. The van der Waals surface area contributed by atoms with Crippen molar-refractivity contribution in [3.05, 3.63) is 28.7 Å². The molecule has 3 nitrogen and oxygen atoms in total. The fourth-order valence-corrected chi connectivity index (χ4v) is 2.40. The van der Waals surface area contributed by atoms with Gasteiger partial charge in [-0.3, -0.25) is 9.00 Å². The van der Waals surface area contributed by atoms with E-state index in [9.17, 15) is 9.00 Å². The molecule has 0 amide bonds. The summed E-state index contributed by atoms with van der Waals surface area (Å²) in [7, 11) is -1.09. The molecule has 0 aromatic heterocycles. The molecular weight excluding hydrogens is 280 g/mol. The van der Waals surface area contributed by atoms with E-state index in [2.05, 4.69) is 15.9 Å². The molecule has 1 aromatic rings. The number of carboxylic acid groups (broad SMARTS) is 1. The first-order valence-electron chi connectivity index (χ1n) is 4.45. The highest BCUT2D eigenvalue weighted by Gasteiger charge is 2.04. The van der Waals surface area contributed by atoms with Crippen LogP contribution in [0.4, 0.5) is 0 Å². The molecule has 1 atom stereocenters. The average Bonchev–Trinajstić information content (AvgIpc) is 2.18. The Labute approximate surface area is 99.1 Å². The van der Waals surface area contributed by atoms with Gasteiger partial charge in [-0.25, -0.2) is 0 Å². The monoisotopic (exact) mass is 290 g/mol. The molecule has 1 N–H and O–H groups in total. The molecule has 5 heteroatoms. The third-order valence-corrected chi connectivity index (χ3v) is 3.78. The lowest BCUT2D eigenvalue weighted by Crippen LogP contribution is -2.02. The number of carbonyl (C=O) groups is 1. The number of carboxylic acids is 1. The van der Waals surface area contributed by atoms with Crippen molar-refractivity contribution in [1.29, 1.82) is 0 Å². The summed E-state index contributed by atoms with van der Waals surface area (Å²) in [6, 6.07) is 7.21. The molecule has 0 heterocycles. The Morgan fingerprint density at radius 3 is 2.47 bits per heavy atom.